The molecule has 0 aliphatic rings. The van der Waals surface area contributed by atoms with Crippen molar-refractivity contribution in [1.29, 1.82) is 0 Å². The first-order valence-corrected chi connectivity index (χ1v) is 22.6. The van der Waals surface area contributed by atoms with Crippen LogP contribution in [0.1, 0.15) is 0 Å². The summed E-state index contributed by atoms with van der Waals surface area (Å²) < 4.78 is 4.88. The Morgan fingerprint density at radius 2 is 0.773 bits per heavy atom. The minimum absolute atomic E-state index is 1.04. The van der Waals surface area contributed by atoms with Crippen LogP contribution in [0.15, 0.2) is 255 Å². The van der Waals surface area contributed by atoms with Crippen LogP contribution in [0.2, 0.25) is 0 Å². The first kappa shape index (κ1) is 37.7. The second-order valence-electron chi connectivity index (χ2n) is 17.0. The Morgan fingerprint density at radius 1 is 0.242 bits per heavy atom. The predicted molar refractivity (Wildman–Crippen MR) is 279 cm³/mol. The molecule has 4 heteroatoms. The van der Waals surface area contributed by atoms with E-state index < -0.39 is 0 Å². The summed E-state index contributed by atoms with van der Waals surface area (Å²) >= 11 is 0. The molecule has 11 aromatic carbocycles. The predicted octanol–water partition coefficient (Wildman–Crippen LogP) is 17.1. The summed E-state index contributed by atoms with van der Waals surface area (Å²) in [7, 11) is 0. The topological polar surface area (TPSA) is 16.3 Å². The van der Waals surface area contributed by atoms with Crippen molar-refractivity contribution < 1.29 is 0 Å². The highest BCUT2D eigenvalue weighted by atomic mass is 15.2. The number of anilines is 6. The molecule has 13 aromatic rings. The number of fused-ring (bicyclic) bond motifs is 9. The van der Waals surface area contributed by atoms with Gasteiger partial charge in [0.2, 0.25) is 0 Å². The molecule has 0 saturated heterocycles. The molecule has 0 spiro atoms. The van der Waals surface area contributed by atoms with Crippen LogP contribution < -0.4 is 9.80 Å². The van der Waals surface area contributed by atoms with Crippen molar-refractivity contribution in [3.63, 3.8) is 0 Å². The summed E-state index contributed by atoms with van der Waals surface area (Å²) in [6.07, 6.45) is 0. The van der Waals surface area contributed by atoms with Crippen LogP contribution >= 0.6 is 0 Å². The Morgan fingerprint density at radius 3 is 1.48 bits per heavy atom. The number of benzene rings is 11. The molecule has 2 heterocycles. The van der Waals surface area contributed by atoms with Crippen LogP contribution in [0.25, 0.3) is 76.5 Å². The van der Waals surface area contributed by atoms with Gasteiger partial charge in [0.15, 0.2) is 0 Å². The summed E-state index contributed by atoms with van der Waals surface area (Å²) in [5.41, 5.74) is 13.3. The molecule has 0 fully saturated rings. The molecule has 0 saturated carbocycles. The zero-order valence-corrected chi connectivity index (χ0v) is 36.0. The lowest BCUT2D eigenvalue weighted by Gasteiger charge is -2.30. The summed E-state index contributed by atoms with van der Waals surface area (Å²) in [5, 5.41) is 9.69. The SMILES string of the molecule is c1ccc(N(c2ccc3c(c2)c2c4ccccc4ccc2n3-c2ccccc2)c2cc(N(c3ccccc3)c3ccccc3)c3c4ccccc4n(-c4ccc5ccccc5c4)c3c2)cc1. The van der Waals surface area contributed by atoms with Gasteiger partial charge >= 0.3 is 0 Å². The Labute approximate surface area is 382 Å². The monoisotopic (exact) mass is 842 g/mol. The molecule has 66 heavy (non-hydrogen) atoms. The van der Waals surface area contributed by atoms with Gasteiger partial charge in [-0.05, 0) is 125 Å². The highest BCUT2D eigenvalue weighted by Gasteiger charge is 2.26. The van der Waals surface area contributed by atoms with Crippen molar-refractivity contribution in [2.75, 3.05) is 9.80 Å². The molecule has 0 radical (unpaired) electrons. The van der Waals surface area contributed by atoms with Gasteiger partial charge in [0.05, 0.1) is 33.4 Å². The third kappa shape index (κ3) is 6.07. The van der Waals surface area contributed by atoms with Gasteiger partial charge in [-0.2, -0.15) is 0 Å². The quantitative estimate of drug-likeness (QED) is 0.152. The fourth-order valence-electron chi connectivity index (χ4n) is 10.3. The van der Waals surface area contributed by atoms with E-state index in [1.165, 1.54) is 48.6 Å². The largest absolute Gasteiger partial charge is 0.310 e. The fourth-order valence-corrected chi connectivity index (χ4v) is 10.3. The third-order valence-corrected chi connectivity index (χ3v) is 13.2. The highest BCUT2D eigenvalue weighted by Crippen LogP contribution is 2.49. The van der Waals surface area contributed by atoms with Crippen LogP contribution in [-0.2, 0) is 0 Å². The zero-order valence-electron chi connectivity index (χ0n) is 36.0. The number of hydrogen-bond acceptors (Lipinski definition) is 2. The maximum atomic E-state index is 2.46. The van der Waals surface area contributed by atoms with Gasteiger partial charge < -0.3 is 18.9 Å². The highest BCUT2D eigenvalue weighted by molar-refractivity contribution is 6.22. The van der Waals surface area contributed by atoms with E-state index in [0.717, 1.165) is 62.0 Å². The lowest BCUT2D eigenvalue weighted by Crippen LogP contribution is -2.14. The smallest absolute Gasteiger partial charge is 0.0583 e. The van der Waals surface area contributed by atoms with Crippen LogP contribution in [0.3, 0.4) is 0 Å². The van der Waals surface area contributed by atoms with Crippen LogP contribution in [0, 0.1) is 0 Å². The van der Waals surface area contributed by atoms with Gasteiger partial charge in [0, 0.05) is 55.7 Å². The summed E-state index contributed by atoms with van der Waals surface area (Å²) in [6.45, 7) is 0. The molecule has 0 aliphatic heterocycles. The lowest BCUT2D eigenvalue weighted by atomic mass is 10.0. The minimum atomic E-state index is 1.04. The molecule has 0 aliphatic carbocycles. The third-order valence-electron chi connectivity index (χ3n) is 13.2. The van der Waals surface area contributed by atoms with Gasteiger partial charge in [-0.1, -0.05) is 152 Å². The molecule has 4 nitrogen and oxygen atoms in total. The summed E-state index contributed by atoms with van der Waals surface area (Å²) in [6, 6.07) is 92.6. The van der Waals surface area contributed by atoms with Crippen molar-refractivity contribution in [3.05, 3.63) is 255 Å². The fraction of sp³-hybridized carbons (Fsp3) is 0. The molecule has 310 valence electrons. The van der Waals surface area contributed by atoms with Crippen LogP contribution in [-0.4, -0.2) is 9.13 Å². The lowest BCUT2D eigenvalue weighted by molar-refractivity contribution is 1.18. The maximum absolute atomic E-state index is 2.46. The van der Waals surface area contributed by atoms with E-state index in [4.69, 9.17) is 0 Å². The molecular weight excluding hydrogens is 801 g/mol. The molecule has 2 aromatic heterocycles. The van der Waals surface area contributed by atoms with Gasteiger partial charge in [0.25, 0.3) is 0 Å². The van der Waals surface area contributed by atoms with Crippen molar-refractivity contribution in [2.45, 2.75) is 0 Å². The first-order valence-electron chi connectivity index (χ1n) is 22.6. The van der Waals surface area contributed by atoms with Crippen LogP contribution in [0.4, 0.5) is 34.1 Å². The molecule has 0 amide bonds. The Balaban J connectivity index is 1.15. The Bertz CT molecular complexity index is 3890. The average molecular weight is 843 g/mol. The van der Waals surface area contributed by atoms with E-state index in [9.17, 15) is 0 Å². The molecule has 13 rings (SSSR count). The van der Waals surface area contributed by atoms with Gasteiger partial charge in [-0.15, -0.1) is 0 Å². The van der Waals surface area contributed by atoms with E-state index in [0.29, 0.717) is 0 Å². The zero-order chi connectivity index (χ0) is 43.6. The van der Waals surface area contributed by atoms with Crippen molar-refractivity contribution in [2.24, 2.45) is 0 Å². The normalized spacial score (nSPS) is 11.6. The van der Waals surface area contributed by atoms with Crippen molar-refractivity contribution in [3.8, 4) is 11.4 Å². The van der Waals surface area contributed by atoms with Crippen molar-refractivity contribution in [1.82, 2.24) is 9.13 Å². The van der Waals surface area contributed by atoms with Crippen LogP contribution in [0.5, 0.6) is 0 Å². The van der Waals surface area contributed by atoms with Gasteiger partial charge in [-0.3, -0.25) is 0 Å². The first-order chi connectivity index (χ1) is 32.8. The molecule has 0 N–H and O–H groups in total. The number of rotatable bonds is 8. The average Bonchev–Trinajstić information content (AvgIpc) is 3.90. The molecule has 0 atom stereocenters. The van der Waals surface area contributed by atoms with E-state index in [1.54, 1.807) is 0 Å². The Kier molecular flexibility index (Phi) is 8.81. The number of hydrogen-bond donors (Lipinski definition) is 0. The van der Waals surface area contributed by atoms with E-state index in [-0.39, 0.29) is 0 Å². The second kappa shape index (κ2) is 15.4. The number of nitrogens with zero attached hydrogens (tertiary/aromatic N) is 4. The van der Waals surface area contributed by atoms with E-state index >= 15 is 0 Å². The Hall–Kier alpha value is -8.86. The standard InChI is InChI=1S/C62H42N4/c1-5-22-46(23-6-1)63(51-36-38-57-55(40-51)61-53-30-16-15-20-44(53)34-37-58(61)65(57)49-28-11-4-12-29-49)52-41-59(64(47-24-7-2-8-25-47)48-26-9-3-10-27-48)62-54-31-17-18-32-56(54)66(60(62)42-52)50-35-33-43-19-13-14-21-45(43)39-50/h1-42H. The molecule has 0 bridgehead atoms. The molecule has 0 unspecified atom stereocenters. The number of para-hydroxylation sites is 5. The van der Waals surface area contributed by atoms with Crippen molar-refractivity contribution >= 4 is 99.3 Å². The second-order valence-corrected chi connectivity index (χ2v) is 17.0. The minimum Gasteiger partial charge on any atom is -0.310 e. The summed E-state index contributed by atoms with van der Waals surface area (Å²) in [4.78, 5) is 4.87. The molecular formula is C62H42N4. The maximum Gasteiger partial charge on any atom is 0.0583 e. The van der Waals surface area contributed by atoms with Gasteiger partial charge in [-0.25, -0.2) is 0 Å². The van der Waals surface area contributed by atoms with E-state index in [1.807, 2.05) is 0 Å². The summed E-state index contributed by atoms with van der Waals surface area (Å²) in [5.74, 6) is 0. The van der Waals surface area contributed by atoms with E-state index in [2.05, 4.69) is 274 Å². The number of aromatic nitrogens is 2. The van der Waals surface area contributed by atoms with Gasteiger partial charge in [0.1, 0.15) is 0 Å².